The van der Waals surface area contributed by atoms with Crippen molar-refractivity contribution in [2.45, 2.75) is 51.4 Å². The first-order valence-corrected chi connectivity index (χ1v) is 10.2. The summed E-state index contributed by atoms with van der Waals surface area (Å²) < 4.78 is 23.9. The minimum Gasteiger partial charge on any atom is -0.394 e. The van der Waals surface area contributed by atoms with Gasteiger partial charge in [-0.25, -0.2) is 9.18 Å². The van der Waals surface area contributed by atoms with Gasteiger partial charge in [0.1, 0.15) is 23.3 Å². The van der Waals surface area contributed by atoms with Gasteiger partial charge in [-0.15, -0.1) is 0 Å². The standard InChI is InChI=1S/C21H27FN4O5/c1-12-19(13(2)31-26-12)25-21(29)23-10-9-16-7-8-17(18(11-27)30-16)24-20(28)14-3-5-15(22)6-4-14/h3-6,16-18,27H,7-11H2,1-2H3,(H,24,28)(H2,23,25,29)/t16-,17-,18-/m1/s1. The number of hydrogen-bond donors (Lipinski definition) is 4. The van der Waals surface area contributed by atoms with Crippen LogP contribution in [0.2, 0.25) is 0 Å². The number of rotatable bonds is 7. The van der Waals surface area contributed by atoms with Crippen molar-refractivity contribution in [3.05, 3.63) is 47.1 Å². The number of nitrogens with one attached hydrogen (secondary N) is 3. The van der Waals surface area contributed by atoms with Crippen molar-refractivity contribution in [2.24, 2.45) is 0 Å². The molecular formula is C21H27FN4O5. The number of nitrogens with zero attached hydrogens (tertiary/aromatic N) is 1. The Morgan fingerprint density at radius 2 is 1.97 bits per heavy atom. The molecule has 0 bridgehead atoms. The Bertz CT molecular complexity index is 882. The van der Waals surface area contributed by atoms with Gasteiger partial charge in [-0.3, -0.25) is 4.79 Å². The number of benzene rings is 1. The monoisotopic (exact) mass is 434 g/mol. The molecule has 1 aromatic heterocycles. The number of carbonyl (C=O) groups excluding carboxylic acids is 2. The van der Waals surface area contributed by atoms with E-state index >= 15 is 0 Å². The summed E-state index contributed by atoms with van der Waals surface area (Å²) in [7, 11) is 0. The van der Waals surface area contributed by atoms with Gasteiger partial charge in [0, 0.05) is 12.1 Å². The molecule has 4 N–H and O–H groups in total. The van der Waals surface area contributed by atoms with Crippen LogP contribution < -0.4 is 16.0 Å². The van der Waals surface area contributed by atoms with Crippen molar-refractivity contribution in [1.29, 1.82) is 0 Å². The summed E-state index contributed by atoms with van der Waals surface area (Å²) in [5, 5.41) is 21.8. The van der Waals surface area contributed by atoms with Crippen molar-refractivity contribution >= 4 is 17.6 Å². The number of aryl methyl sites for hydroxylation is 2. The summed E-state index contributed by atoms with van der Waals surface area (Å²) in [6, 6.07) is 4.54. The van der Waals surface area contributed by atoms with E-state index in [-0.39, 0.29) is 30.7 Å². The second-order valence-electron chi connectivity index (χ2n) is 7.51. The lowest BCUT2D eigenvalue weighted by Crippen LogP contribution is -2.51. The van der Waals surface area contributed by atoms with Gasteiger partial charge in [0.25, 0.3) is 5.91 Å². The van der Waals surface area contributed by atoms with Crippen molar-refractivity contribution in [3.63, 3.8) is 0 Å². The maximum atomic E-state index is 13.0. The summed E-state index contributed by atoms with van der Waals surface area (Å²) in [5.74, 6) is -0.228. The third kappa shape index (κ3) is 6.02. The highest BCUT2D eigenvalue weighted by atomic mass is 19.1. The molecule has 31 heavy (non-hydrogen) atoms. The van der Waals surface area contributed by atoms with Crippen molar-refractivity contribution in [2.75, 3.05) is 18.5 Å². The topological polar surface area (TPSA) is 126 Å². The highest BCUT2D eigenvalue weighted by Gasteiger charge is 2.32. The Morgan fingerprint density at radius 1 is 1.23 bits per heavy atom. The molecule has 1 saturated heterocycles. The number of urea groups is 1. The van der Waals surface area contributed by atoms with E-state index < -0.39 is 11.9 Å². The molecule has 0 saturated carbocycles. The molecule has 9 nitrogen and oxygen atoms in total. The fraction of sp³-hybridized carbons (Fsp3) is 0.476. The molecule has 1 fully saturated rings. The quantitative estimate of drug-likeness (QED) is 0.530. The Labute approximate surface area is 179 Å². The van der Waals surface area contributed by atoms with Crippen LogP contribution in [0.1, 0.15) is 41.1 Å². The smallest absolute Gasteiger partial charge is 0.319 e. The molecule has 3 amide bonds. The first kappa shape index (κ1) is 22.7. The first-order valence-electron chi connectivity index (χ1n) is 10.2. The molecular weight excluding hydrogens is 407 g/mol. The number of hydrogen-bond acceptors (Lipinski definition) is 6. The van der Waals surface area contributed by atoms with Gasteiger partial charge < -0.3 is 30.3 Å². The molecule has 10 heteroatoms. The summed E-state index contributed by atoms with van der Waals surface area (Å²) >= 11 is 0. The molecule has 2 heterocycles. The van der Waals surface area contributed by atoms with Crippen LogP contribution in [0.5, 0.6) is 0 Å². The van der Waals surface area contributed by atoms with Gasteiger partial charge in [-0.1, -0.05) is 5.16 Å². The second kappa shape index (κ2) is 10.4. The molecule has 1 aromatic carbocycles. The number of amides is 3. The fourth-order valence-electron chi connectivity index (χ4n) is 3.53. The van der Waals surface area contributed by atoms with E-state index in [1.807, 2.05) is 0 Å². The molecule has 2 aromatic rings. The number of aliphatic hydroxyl groups is 1. The maximum Gasteiger partial charge on any atom is 0.319 e. The number of aromatic nitrogens is 1. The number of aliphatic hydroxyl groups excluding tert-OH is 1. The zero-order valence-corrected chi connectivity index (χ0v) is 17.5. The summed E-state index contributed by atoms with van der Waals surface area (Å²) in [6.45, 7) is 3.59. The summed E-state index contributed by atoms with van der Waals surface area (Å²) in [6.07, 6.45) is 1.13. The van der Waals surface area contributed by atoms with Crippen molar-refractivity contribution in [1.82, 2.24) is 15.8 Å². The second-order valence-corrected chi connectivity index (χ2v) is 7.51. The minimum absolute atomic E-state index is 0.157. The van der Waals surface area contributed by atoms with Gasteiger partial charge in [0.05, 0.1) is 18.8 Å². The largest absolute Gasteiger partial charge is 0.394 e. The Balaban J connectivity index is 1.43. The fourth-order valence-corrected chi connectivity index (χ4v) is 3.53. The molecule has 0 spiro atoms. The van der Waals surface area contributed by atoms with Crippen molar-refractivity contribution < 1.29 is 28.3 Å². The number of ether oxygens (including phenoxy) is 1. The zero-order chi connectivity index (χ0) is 22.4. The number of halogens is 1. The van der Waals surface area contributed by atoms with Crippen LogP contribution in [0.25, 0.3) is 0 Å². The molecule has 0 radical (unpaired) electrons. The Kier molecular flexibility index (Phi) is 7.59. The molecule has 3 atom stereocenters. The molecule has 3 rings (SSSR count). The predicted molar refractivity (Wildman–Crippen MR) is 110 cm³/mol. The van der Waals surface area contributed by atoms with Gasteiger partial charge in [0.2, 0.25) is 0 Å². The molecule has 1 aliphatic rings. The lowest BCUT2D eigenvalue weighted by atomic mass is 9.96. The first-order chi connectivity index (χ1) is 14.9. The Hall–Kier alpha value is -2.98. The van der Waals surface area contributed by atoms with Crippen LogP contribution in [0, 0.1) is 19.7 Å². The van der Waals surface area contributed by atoms with E-state index in [1.54, 1.807) is 13.8 Å². The molecule has 1 aliphatic heterocycles. The van der Waals surface area contributed by atoms with Crippen molar-refractivity contribution in [3.8, 4) is 0 Å². The molecule has 0 unspecified atom stereocenters. The minimum atomic E-state index is -0.556. The van der Waals surface area contributed by atoms with E-state index in [0.29, 0.717) is 48.5 Å². The maximum absolute atomic E-state index is 13.0. The normalized spacial score (nSPS) is 20.8. The average Bonchev–Trinajstić information content (AvgIpc) is 3.07. The van der Waals surface area contributed by atoms with Gasteiger partial charge in [-0.2, -0.15) is 0 Å². The van der Waals surface area contributed by atoms with E-state index in [0.717, 1.165) is 0 Å². The third-order valence-electron chi connectivity index (χ3n) is 5.24. The number of anilines is 1. The number of carbonyl (C=O) groups is 2. The highest BCUT2D eigenvalue weighted by Crippen LogP contribution is 2.22. The van der Waals surface area contributed by atoms with E-state index in [9.17, 15) is 19.1 Å². The average molecular weight is 434 g/mol. The van der Waals surface area contributed by atoms with E-state index in [2.05, 4.69) is 21.1 Å². The van der Waals surface area contributed by atoms with Gasteiger partial charge in [-0.05, 0) is 57.4 Å². The predicted octanol–water partition coefficient (Wildman–Crippen LogP) is 2.28. The summed E-state index contributed by atoms with van der Waals surface area (Å²) in [4.78, 5) is 24.4. The Morgan fingerprint density at radius 3 is 2.61 bits per heavy atom. The van der Waals surface area contributed by atoms with Crippen LogP contribution in [0.4, 0.5) is 14.9 Å². The van der Waals surface area contributed by atoms with E-state index in [4.69, 9.17) is 9.26 Å². The highest BCUT2D eigenvalue weighted by molar-refractivity contribution is 5.94. The van der Waals surface area contributed by atoms with Gasteiger partial charge >= 0.3 is 6.03 Å². The lowest BCUT2D eigenvalue weighted by molar-refractivity contribution is -0.0892. The molecule has 168 valence electrons. The third-order valence-corrected chi connectivity index (χ3v) is 5.24. The van der Waals surface area contributed by atoms with Crippen LogP contribution in [-0.2, 0) is 4.74 Å². The summed E-state index contributed by atoms with van der Waals surface area (Å²) in [5.41, 5.74) is 1.49. The van der Waals surface area contributed by atoms with Crippen LogP contribution in [0.15, 0.2) is 28.8 Å². The van der Waals surface area contributed by atoms with Gasteiger partial charge in [0.15, 0.2) is 5.76 Å². The SMILES string of the molecule is Cc1noc(C)c1NC(=O)NCC[C@H]1CC[C@@H](NC(=O)c2ccc(F)cc2)[C@@H](CO)O1. The lowest BCUT2D eigenvalue weighted by Gasteiger charge is -2.36. The molecule has 0 aliphatic carbocycles. The van der Waals surface area contributed by atoms with E-state index in [1.165, 1.54) is 24.3 Å². The van der Waals surface area contributed by atoms with Crippen LogP contribution in [-0.4, -0.2) is 53.6 Å². The van der Waals surface area contributed by atoms with Crippen LogP contribution >= 0.6 is 0 Å². The zero-order valence-electron chi connectivity index (χ0n) is 17.5. The van der Waals surface area contributed by atoms with Crippen LogP contribution in [0.3, 0.4) is 0 Å².